The van der Waals surface area contributed by atoms with Crippen LogP contribution in [-0.4, -0.2) is 68.9 Å². The van der Waals surface area contributed by atoms with E-state index in [0.29, 0.717) is 24.7 Å². The van der Waals surface area contributed by atoms with Gasteiger partial charge in [0.1, 0.15) is 18.2 Å². The lowest BCUT2D eigenvalue weighted by atomic mass is 10.2. The molecule has 0 bridgehead atoms. The highest BCUT2D eigenvalue weighted by Crippen LogP contribution is 2.19. The van der Waals surface area contributed by atoms with Crippen LogP contribution in [0.25, 0.3) is 0 Å². The monoisotopic (exact) mass is 431 g/mol. The second-order valence-corrected chi connectivity index (χ2v) is 7.42. The van der Waals surface area contributed by atoms with Crippen molar-refractivity contribution in [2.75, 3.05) is 57.9 Å². The molecule has 1 aromatic carbocycles. The maximum atomic E-state index is 5.92. The maximum absolute atomic E-state index is 5.92. The van der Waals surface area contributed by atoms with Crippen LogP contribution in [0.2, 0.25) is 5.02 Å². The Balaban J connectivity index is 1.60. The van der Waals surface area contributed by atoms with Gasteiger partial charge >= 0.3 is 0 Å². The molecule has 1 aromatic heterocycles. The molecule has 0 radical (unpaired) electrons. The second kappa shape index (κ2) is 11.6. The Kier molecular flexibility index (Phi) is 8.59. The maximum Gasteiger partial charge on any atom is 0.194 e. The van der Waals surface area contributed by atoms with E-state index in [1.807, 2.05) is 43.6 Å². The van der Waals surface area contributed by atoms with Crippen molar-refractivity contribution in [1.82, 2.24) is 15.2 Å². The summed E-state index contributed by atoms with van der Waals surface area (Å²) in [5.74, 6) is 2.64. The van der Waals surface area contributed by atoms with E-state index in [9.17, 15) is 0 Å². The third-order valence-electron chi connectivity index (χ3n) is 4.78. The SMILES string of the molecule is CCNC(=NCc1cccnc1N1CCOCC1)N(C)CCOc1ccc(Cl)cc1. The van der Waals surface area contributed by atoms with Gasteiger partial charge in [0.2, 0.25) is 0 Å². The molecule has 2 aromatic rings. The molecule has 0 spiro atoms. The van der Waals surface area contributed by atoms with Crippen LogP contribution in [0, 0.1) is 0 Å². The third-order valence-corrected chi connectivity index (χ3v) is 5.03. The van der Waals surface area contributed by atoms with E-state index in [0.717, 1.165) is 55.9 Å². The summed E-state index contributed by atoms with van der Waals surface area (Å²) >= 11 is 5.92. The van der Waals surface area contributed by atoms with Crippen LogP contribution in [0.15, 0.2) is 47.6 Å². The molecule has 1 aliphatic heterocycles. The number of pyridine rings is 1. The highest BCUT2D eigenvalue weighted by atomic mass is 35.5. The van der Waals surface area contributed by atoms with Crippen molar-refractivity contribution in [2.24, 2.45) is 4.99 Å². The zero-order valence-electron chi connectivity index (χ0n) is 17.7. The Morgan fingerprint density at radius 1 is 1.27 bits per heavy atom. The van der Waals surface area contributed by atoms with Crippen molar-refractivity contribution >= 4 is 23.4 Å². The van der Waals surface area contributed by atoms with Crippen molar-refractivity contribution in [3.05, 3.63) is 53.2 Å². The van der Waals surface area contributed by atoms with E-state index in [1.165, 1.54) is 0 Å². The minimum Gasteiger partial charge on any atom is -0.492 e. The number of hydrogen-bond donors (Lipinski definition) is 1. The van der Waals surface area contributed by atoms with Gasteiger partial charge in [0.15, 0.2) is 5.96 Å². The minimum atomic E-state index is 0.550. The number of rotatable bonds is 8. The smallest absolute Gasteiger partial charge is 0.194 e. The predicted octanol–water partition coefficient (Wildman–Crippen LogP) is 3.05. The summed E-state index contributed by atoms with van der Waals surface area (Å²) in [5, 5.41) is 4.06. The standard InChI is InChI=1S/C22H30ClN5O2/c1-3-24-22(27(2)11-16-30-20-8-6-19(23)7-9-20)26-17-18-5-4-10-25-21(18)28-12-14-29-15-13-28/h4-10H,3,11-17H2,1-2H3,(H,24,26). The van der Waals surface area contributed by atoms with E-state index in [4.69, 9.17) is 26.1 Å². The Morgan fingerprint density at radius 3 is 2.77 bits per heavy atom. The molecule has 1 fully saturated rings. The summed E-state index contributed by atoms with van der Waals surface area (Å²) in [5.41, 5.74) is 1.11. The van der Waals surface area contributed by atoms with Gasteiger partial charge in [-0.15, -0.1) is 0 Å². The number of nitrogens with zero attached hydrogens (tertiary/aromatic N) is 4. The molecule has 1 aliphatic rings. The van der Waals surface area contributed by atoms with Gasteiger partial charge in [0.05, 0.1) is 26.3 Å². The summed E-state index contributed by atoms with van der Waals surface area (Å²) in [7, 11) is 2.01. The van der Waals surface area contributed by atoms with Gasteiger partial charge in [-0.3, -0.25) is 0 Å². The summed E-state index contributed by atoms with van der Waals surface area (Å²) in [6, 6.07) is 11.5. The van der Waals surface area contributed by atoms with Crippen LogP contribution in [0.3, 0.4) is 0 Å². The number of likely N-dealkylation sites (N-methyl/N-ethyl adjacent to an activating group) is 1. The Hall–Kier alpha value is -2.51. The van der Waals surface area contributed by atoms with E-state index in [1.54, 1.807) is 0 Å². The number of hydrogen-bond acceptors (Lipinski definition) is 5. The first kappa shape index (κ1) is 22.2. The van der Waals surface area contributed by atoms with E-state index in [2.05, 4.69) is 33.1 Å². The first-order valence-corrected chi connectivity index (χ1v) is 10.7. The van der Waals surface area contributed by atoms with E-state index < -0.39 is 0 Å². The fourth-order valence-electron chi connectivity index (χ4n) is 3.18. The quantitative estimate of drug-likeness (QED) is 0.512. The van der Waals surface area contributed by atoms with Gasteiger partial charge in [-0.05, 0) is 37.3 Å². The zero-order valence-corrected chi connectivity index (χ0v) is 18.4. The van der Waals surface area contributed by atoms with Crippen LogP contribution in [0.5, 0.6) is 5.75 Å². The number of anilines is 1. The molecule has 0 aliphatic carbocycles. The highest BCUT2D eigenvalue weighted by molar-refractivity contribution is 6.30. The first-order chi connectivity index (χ1) is 14.7. The van der Waals surface area contributed by atoms with Gasteiger partial charge in [-0.1, -0.05) is 17.7 Å². The van der Waals surface area contributed by atoms with Crippen molar-refractivity contribution in [2.45, 2.75) is 13.5 Å². The topological polar surface area (TPSA) is 62.2 Å². The van der Waals surface area contributed by atoms with Gasteiger partial charge in [-0.2, -0.15) is 0 Å². The van der Waals surface area contributed by atoms with Crippen molar-refractivity contribution in [3.63, 3.8) is 0 Å². The number of benzene rings is 1. The normalized spacial score (nSPS) is 14.5. The lowest BCUT2D eigenvalue weighted by molar-refractivity contribution is 0.122. The molecule has 2 heterocycles. The Bertz CT molecular complexity index is 809. The number of nitrogens with one attached hydrogen (secondary N) is 1. The molecular formula is C22H30ClN5O2. The van der Waals surface area contributed by atoms with Crippen LogP contribution in [0.4, 0.5) is 5.82 Å². The van der Waals surface area contributed by atoms with Crippen molar-refractivity contribution < 1.29 is 9.47 Å². The Morgan fingerprint density at radius 2 is 2.03 bits per heavy atom. The molecule has 0 amide bonds. The average molecular weight is 432 g/mol. The first-order valence-electron chi connectivity index (χ1n) is 10.3. The number of halogens is 1. The van der Waals surface area contributed by atoms with Crippen molar-refractivity contribution in [3.8, 4) is 5.75 Å². The number of guanidine groups is 1. The van der Waals surface area contributed by atoms with Crippen LogP contribution < -0.4 is 15.0 Å². The largest absolute Gasteiger partial charge is 0.492 e. The average Bonchev–Trinajstić information content (AvgIpc) is 2.78. The fourth-order valence-corrected chi connectivity index (χ4v) is 3.31. The molecule has 30 heavy (non-hydrogen) atoms. The number of morpholine rings is 1. The summed E-state index contributed by atoms with van der Waals surface area (Å²) in [6.07, 6.45) is 1.84. The number of ether oxygens (including phenoxy) is 2. The molecule has 0 atom stereocenters. The molecule has 1 N–H and O–H groups in total. The fraction of sp³-hybridized carbons (Fsp3) is 0.455. The molecule has 0 saturated carbocycles. The lowest BCUT2D eigenvalue weighted by Crippen LogP contribution is -2.41. The summed E-state index contributed by atoms with van der Waals surface area (Å²) in [6.45, 7) is 7.86. The molecule has 7 nitrogen and oxygen atoms in total. The van der Waals surface area contributed by atoms with Crippen molar-refractivity contribution in [1.29, 1.82) is 0 Å². The molecule has 1 saturated heterocycles. The minimum absolute atomic E-state index is 0.550. The Labute approximate surface area is 183 Å². The molecular weight excluding hydrogens is 402 g/mol. The lowest BCUT2D eigenvalue weighted by Gasteiger charge is -2.29. The van der Waals surface area contributed by atoms with Gasteiger partial charge in [0.25, 0.3) is 0 Å². The second-order valence-electron chi connectivity index (χ2n) is 6.98. The number of aromatic nitrogens is 1. The van der Waals surface area contributed by atoms with Crippen LogP contribution in [0.1, 0.15) is 12.5 Å². The third kappa shape index (κ3) is 6.50. The predicted molar refractivity (Wildman–Crippen MR) is 122 cm³/mol. The molecule has 3 rings (SSSR count). The summed E-state index contributed by atoms with van der Waals surface area (Å²) < 4.78 is 11.3. The van der Waals surface area contributed by atoms with Crippen LogP contribution in [-0.2, 0) is 11.3 Å². The van der Waals surface area contributed by atoms with E-state index >= 15 is 0 Å². The van der Waals surface area contributed by atoms with Crippen LogP contribution >= 0.6 is 11.6 Å². The van der Waals surface area contributed by atoms with Gasteiger partial charge < -0.3 is 24.6 Å². The van der Waals surface area contributed by atoms with E-state index in [-0.39, 0.29) is 0 Å². The summed E-state index contributed by atoms with van der Waals surface area (Å²) in [4.78, 5) is 13.8. The zero-order chi connectivity index (χ0) is 21.2. The molecule has 162 valence electrons. The molecule has 8 heteroatoms. The highest BCUT2D eigenvalue weighted by Gasteiger charge is 2.16. The van der Waals surface area contributed by atoms with Gasteiger partial charge in [-0.25, -0.2) is 9.98 Å². The molecule has 0 unspecified atom stereocenters. The van der Waals surface area contributed by atoms with Gasteiger partial charge in [0, 0.05) is 43.5 Å². The number of aliphatic imine (C=N–C) groups is 1.